The zero-order valence-corrected chi connectivity index (χ0v) is 20.6. The van der Waals surface area contributed by atoms with E-state index in [1.807, 2.05) is 38.2 Å². The maximum atomic E-state index is 11.6. The molecule has 0 spiro atoms. The van der Waals surface area contributed by atoms with Gasteiger partial charge in [0.05, 0.1) is 12.3 Å². The topological polar surface area (TPSA) is 73.8 Å². The number of rotatable bonds is 8. The van der Waals surface area contributed by atoms with Gasteiger partial charge in [-0.3, -0.25) is 0 Å². The largest absolute Gasteiger partial charge is 0.357 e. The van der Waals surface area contributed by atoms with Gasteiger partial charge in [-0.15, -0.1) is 24.0 Å². The van der Waals surface area contributed by atoms with Gasteiger partial charge in [-0.05, 0) is 37.6 Å². The van der Waals surface area contributed by atoms with Crippen LogP contribution in [0.4, 0.5) is 0 Å². The molecule has 0 radical (unpaired) electrons. The SMILES string of the molecule is CCNC(=NCc1ccc(CS(=O)(=O)NC)cc1)N(C)Cc1ccc(C)cc1.I. The predicted octanol–water partition coefficient (Wildman–Crippen LogP) is 3.26. The molecule has 0 atom stereocenters. The van der Waals surface area contributed by atoms with Gasteiger partial charge in [-0.25, -0.2) is 18.1 Å². The monoisotopic (exact) mass is 530 g/mol. The Balaban J connectivity index is 0.00000420. The zero-order chi connectivity index (χ0) is 20.6. The summed E-state index contributed by atoms with van der Waals surface area (Å²) in [4.78, 5) is 6.82. The number of guanidine groups is 1. The van der Waals surface area contributed by atoms with E-state index in [0.29, 0.717) is 6.54 Å². The van der Waals surface area contributed by atoms with Crippen molar-refractivity contribution in [3.63, 3.8) is 0 Å². The predicted molar refractivity (Wildman–Crippen MR) is 131 cm³/mol. The molecule has 0 aliphatic rings. The highest BCUT2D eigenvalue weighted by molar-refractivity contribution is 14.0. The lowest BCUT2D eigenvalue weighted by atomic mass is 10.1. The first kappa shape index (κ1) is 25.4. The van der Waals surface area contributed by atoms with Crippen molar-refractivity contribution in [3.8, 4) is 0 Å². The quantitative estimate of drug-likeness (QED) is 0.312. The Labute approximate surface area is 191 Å². The van der Waals surface area contributed by atoms with Crippen molar-refractivity contribution in [2.24, 2.45) is 4.99 Å². The number of hydrogen-bond donors (Lipinski definition) is 2. The van der Waals surface area contributed by atoms with Gasteiger partial charge in [-0.1, -0.05) is 54.1 Å². The lowest BCUT2D eigenvalue weighted by Crippen LogP contribution is -2.38. The third-order valence-electron chi connectivity index (χ3n) is 4.34. The number of nitrogens with zero attached hydrogens (tertiary/aromatic N) is 2. The molecule has 0 aromatic heterocycles. The molecule has 29 heavy (non-hydrogen) atoms. The highest BCUT2D eigenvalue weighted by Crippen LogP contribution is 2.10. The lowest BCUT2D eigenvalue weighted by molar-refractivity contribution is 0.477. The van der Waals surface area contributed by atoms with Crippen LogP contribution in [0.3, 0.4) is 0 Å². The molecule has 0 amide bonds. The summed E-state index contributed by atoms with van der Waals surface area (Å²) in [6.07, 6.45) is 0. The van der Waals surface area contributed by atoms with Crippen LogP contribution in [0, 0.1) is 6.92 Å². The van der Waals surface area contributed by atoms with Crippen LogP contribution in [0.25, 0.3) is 0 Å². The highest BCUT2D eigenvalue weighted by Gasteiger charge is 2.09. The Morgan fingerprint density at radius 3 is 2.10 bits per heavy atom. The first-order chi connectivity index (χ1) is 13.3. The maximum absolute atomic E-state index is 11.6. The van der Waals surface area contributed by atoms with E-state index in [1.165, 1.54) is 18.2 Å². The number of aliphatic imine (C=N–C) groups is 1. The fourth-order valence-corrected chi connectivity index (χ4v) is 3.49. The van der Waals surface area contributed by atoms with E-state index in [2.05, 4.69) is 46.1 Å². The van der Waals surface area contributed by atoms with Gasteiger partial charge in [0.15, 0.2) is 5.96 Å². The van der Waals surface area contributed by atoms with Crippen LogP contribution in [-0.4, -0.2) is 39.9 Å². The van der Waals surface area contributed by atoms with Gasteiger partial charge < -0.3 is 10.2 Å². The molecule has 2 aromatic rings. The first-order valence-electron chi connectivity index (χ1n) is 9.37. The third-order valence-corrected chi connectivity index (χ3v) is 5.67. The summed E-state index contributed by atoms with van der Waals surface area (Å²) >= 11 is 0. The molecule has 0 unspecified atom stereocenters. The number of aryl methyl sites for hydroxylation is 1. The van der Waals surface area contributed by atoms with Gasteiger partial charge in [0, 0.05) is 20.1 Å². The Morgan fingerprint density at radius 2 is 1.55 bits per heavy atom. The molecule has 2 N–H and O–H groups in total. The second-order valence-electron chi connectivity index (χ2n) is 6.79. The number of hydrogen-bond acceptors (Lipinski definition) is 3. The van der Waals surface area contributed by atoms with E-state index in [0.717, 1.165) is 30.2 Å². The molecule has 160 valence electrons. The maximum Gasteiger partial charge on any atom is 0.215 e. The molecule has 0 heterocycles. The smallest absolute Gasteiger partial charge is 0.215 e. The second-order valence-corrected chi connectivity index (χ2v) is 8.72. The van der Waals surface area contributed by atoms with Crippen LogP contribution < -0.4 is 10.0 Å². The third kappa shape index (κ3) is 8.71. The first-order valence-corrected chi connectivity index (χ1v) is 11.0. The summed E-state index contributed by atoms with van der Waals surface area (Å²) in [5.41, 5.74) is 4.27. The summed E-state index contributed by atoms with van der Waals surface area (Å²) < 4.78 is 25.6. The molecule has 0 saturated heterocycles. The summed E-state index contributed by atoms with van der Waals surface area (Å²) in [6.45, 7) is 6.22. The fourth-order valence-electron chi connectivity index (χ4n) is 2.71. The Hall–Kier alpha value is -1.65. The number of benzene rings is 2. The Kier molecular flexibility index (Phi) is 10.6. The molecule has 0 aliphatic carbocycles. The van der Waals surface area contributed by atoms with E-state index in [-0.39, 0.29) is 29.7 Å². The Bertz CT molecular complexity index is 882. The molecular formula is C21H31IN4O2S. The minimum absolute atomic E-state index is 0. The number of halogens is 1. The van der Waals surface area contributed by atoms with Crippen LogP contribution in [0.5, 0.6) is 0 Å². The molecule has 0 aliphatic heterocycles. The summed E-state index contributed by atoms with van der Waals surface area (Å²) in [5, 5.41) is 3.32. The van der Waals surface area contributed by atoms with Crippen LogP contribution in [0.15, 0.2) is 53.5 Å². The van der Waals surface area contributed by atoms with Gasteiger partial charge in [0.1, 0.15) is 0 Å². The van der Waals surface area contributed by atoms with E-state index in [4.69, 9.17) is 4.99 Å². The Morgan fingerprint density at radius 1 is 1.00 bits per heavy atom. The van der Waals surface area contributed by atoms with Gasteiger partial charge in [0.25, 0.3) is 0 Å². The molecule has 0 bridgehead atoms. The van der Waals surface area contributed by atoms with Crippen molar-refractivity contribution >= 4 is 40.0 Å². The highest BCUT2D eigenvalue weighted by atomic mass is 127. The van der Waals surface area contributed by atoms with Gasteiger partial charge >= 0.3 is 0 Å². The standard InChI is InChI=1S/C21H30N4O2S.HI/c1-5-23-21(25(4)15-19-8-6-17(2)7-9-19)24-14-18-10-12-20(13-11-18)16-28(26,27)22-3;/h6-13,22H,5,14-16H2,1-4H3,(H,23,24);1H. The van der Waals surface area contributed by atoms with Crippen LogP contribution in [0.1, 0.15) is 29.2 Å². The zero-order valence-electron chi connectivity index (χ0n) is 17.5. The van der Waals surface area contributed by atoms with Crippen molar-refractivity contribution in [1.29, 1.82) is 0 Å². The normalized spacial score (nSPS) is 11.7. The van der Waals surface area contributed by atoms with E-state index < -0.39 is 10.0 Å². The molecular weight excluding hydrogens is 499 g/mol. The molecule has 2 aromatic carbocycles. The van der Waals surface area contributed by atoms with Crippen LogP contribution in [0.2, 0.25) is 0 Å². The molecule has 2 rings (SSSR count). The van der Waals surface area contributed by atoms with E-state index in [1.54, 1.807) is 0 Å². The molecule has 0 fully saturated rings. The van der Waals surface area contributed by atoms with Crippen molar-refractivity contribution in [1.82, 2.24) is 14.9 Å². The average molecular weight is 530 g/mol. The van der Waals surface area contributed by atoms with Crippen LogP contribution in [-0.2, 0) is 28.9 Å². The second kappa shape index (κ2) is 12.1. The van der Waals surface area contributed by atoms with Gasteiger partial charge in [-0.2, -0.15) is 0 Å². The number of sulfonamides is 1. The van der Waals surface area contributed by atoms with E-state index >= 15 is 0 Å². The van der Waals surface area contributed by atoms with Crippen molar-refractivity contribution < 1.29 is 8.42 Å². The van der Waals surface area contributed by atoms with Crippen LogP contribution >= 0.6 is 24.0 Å². The molecule has 8 heteroatoms. The fraction of sp³-hybridized carbons (Fsp3) is 0.381. The van der Waals surface area contributed by atoms with Gasteiger partial charge in [0.2, 0.25) is 10.0 Å². The molecule has 0 saturated carbocycles. The molecule has 6 nitrogen and oxygen atoms in total. The minimum atomic E-state index is -3.26. The van der Waals surface area contributed by atoms with Crippen molar-refractivity contribution in [2.45, 2.75) is 32.7 Å². The van der Waals surface area contributed by atoms with E-state index in [9.17, 15) is 8.42 Å². The van der Waals surface area contributed by atoms with Crippen molar-refractivity contribution in [2.75, 3.05) is 20.6 Å². The summed E-state index contributed by atoms with van der Waals surface area (Å²) in [7, 11) is 0.189. The summed E-state index contributed by atoms with van der Waals surface area (Å²) in [6, 6.07) is 16.0. The van der Waals surface area contributed by atoms with Crippen molar-refractivity contribution in [3.05, 3.63) is 70.8 Å². The summed E-state index contributed by atoms with van der Waals surface area (Å²) in [5.74, 6) is 0.819. The average Bonchev–Trinajstić information content (AvgIpc) is 2.68. The lowest BCUT2D eigenvalue weighted by Gasteiger charge is -2.22. The minimum Gasteiger partial charge on any atom is -0.357 e. The number of nitrogens with one attached hydrogen (secondary N) is 2.